The van der Waals surface area contributed by atoms with Crippen molar-refractivity contribution in [3.63, 3.8) is 0 Å². The van der Waals surface area contributed by atoms with Crippen LogP contribution in [0.4, 0.5) is 0 Å². The highest BCUT2D eigenvalue weighted by molar-refractivity contribution is 5.87. The normalized spacial score (nSPS) is 19.1. The van der Waals surface area contributed by atoms with Gasteiger partial charge in [0.2, 0.25) is 5.91 Å². The lowest BCUT2D eigenvalue weighted by Crippen LogP contribution is -2.43. The van der Waals surface area contributed by atoms with E-state index in [1.54, 1.807) is 0 Å². The summed E-state index contributed by atoms with van der Waals surface area (Å²) in [5.41, 5.74) is 2.26. The minimum atomic E-state index is 0.00783. The van der Waals surface area contributed by atoms with Crippen molar-refractivity contribution in [2.75, 3.05) is 6.54 Å². The fourth-order valence-electron chi connectivity index (χ4n) is 2.78. The number of hydrogen-bond acceptors (Lipinski definition) is 2. The van der Waals surface area contributed by atoms with Crippen molar-refractivity contribution in [1.29, 1.82) is 0 Å². The Kier molecular flexibility index (Phi) is 3.76. The van der Waals surface area contributed by atoms with E-state index in [9.17, 15) is 4.79 Å². The van der Waals surface area contributed by atoms with Gasteiger partial charge in [0, 0.05) is 12.0 Å². The van der Waals surface area contributed by atoms with Crippen LogP contribution in [0.25, 0.3) is 0 Å². The number of nitrogens with zero attached hydrogens (tertiary/aromatic N) is 3. The number of hydrogen-bond donors (Lipinski definition) is 0. The maximum atomic E-state index is 12.1. The summed E-state index contributed by atoms with van der Waals surface area (Å²) in [6, 6.07) is 2.24. The van der Waals surface area contributed by atoms with Crippen LogP contribution in [-0.2, 0) is 16.8 Å². The smallest absolute Gasteiger partial charge is 0.246 e. The SMILES string of the molecule is C=CC(=O)N1CCn2nc(C(C)(C)C)cc2C1C(C)C. The van der Waals surface area contributed by atoms with Gasteiger partial charge in [-0.1, -0.05) is 41.2 Å². The van der Waals surface area contributed by atoms with E-state index in [0.29, 0.717) is 12.5 Å². The highest BCUT2D eigenvalue weighted by Gasteiger charge is 2.34. The highest BCUT2D eigenvalue weighted by Crippen LogP contribution is 2.34. The topological polar surface area (TPSA) is 38.1 Å². The van der Waals surface area contributed by atoms with Crippen molar-refractivity contribution in [1.82, 2.24) is 14.7 Å². The van der Waals surface area contributed by atoms with Crippen molar-refractivity contribution in [2.24, 2.45) is 5.92 Å². The molecular weight excluding hydrogens is 250 g/mol. The van der Waals surface area contributed by atoms with Gasteiger partial charge >= 0.3 is 0 Å². The van der Waals surface area contributed by atoms with Gasteiger partial charge in [-0.15, -0.1) is 0 Å². The van der Waals surface area contributed by atoms with E-state index < -0.39 is 0 Å². The Hall–Kier alpha value is -1.58. The minimum absolute atomic E-state index is 0.00783. The molecule has 0 spiro atoms. The van der Waals surface area contributed by atoms with Crippen LogP contribution in [0.5, 0.6) is 0 Å². The lowest BCUT2D eigenvalue weighted by atomic mass is 9.90. The predicted molar refractivity (Wildman–Crippen MR) is 80.4 cm³/mol. The number of rotatable bonds is 2. The van der Waals surface area contributed by atoms with Crippen LogP contribution in [0, 0.1) is 5.92 Å². The fraction of sp³-hybridized carbons (Fsp3) is 0.625. The zero-order valence-corrected chi connectivity index (χ0v) is 13.2. The molecule has 20 heavy (non-hydrogen) atoms. The molecule has 1 aromatic rings. The molecule has 1 aromatic heterocycles. The van der Waals surface area contributed by atoms with Gasteiger partial charge in [-0.25, -0.2) is 0 Å². The molecule has 0 bridgehead atoms. The van der Waals surface area contributed by atoms with Gasteiger partial charge in [0.25, 0.3) is 0 Å². The highest BCUT2D eigenvalue weighted by atomic mass is 16.2. The van der Waals surface area contributed by atoms with Crippen LogP contribution in [0.2, 0.25) is 0 Å². The first-order valence-corrected chi connectivity index (χ1v) is 7.27. The predicted octanol–water partition coefficient (Wildman–Crippen LogP) is 2.91. The number of carbonyl (C=O) groups is 1. The first-order valence-electron chi connectivity index (χ1n) is 7.27. The third-order valence-electron chi connectivity index (χ3n) is 3.86. The van der Waals surface area contributed by atoms with E-state index in [1.807, 2.05) is 4.90 Å². The third kappa shape index (κ3) is 2.51. The Morgan fingerprint density at radius 3 is 2.60 bits per heavy atom. The Bertz CT molecular complexity index is 522. The van der Waals surface area contributed by atoms with Gasteiger partial charge in [0.05, 0.1) is 24.0 Å². The minimum Gasteiger partial charge on any atom is -0.328 e. The molecule has 2 heterocycles. The average Bonchev–Trinajstić information content (AvgIpc) is 2.79. The molecule has 0 fully saturated rings. The molecule has 0 aliphatic carbocycles. The monoisotopic (exact) mass is 275 g/mol. The zero-order valence-electron chi connectivity index (χ0n) is 13.2. The van der Waals surface area contributed by atoms with Crippen LogP contribution in [0.15, 0.2) is 18.7 Å². The maximum absolute atomic E-state index is 12.1. The first-order chi connectivity index (χ1) is 9.25. The van der Waals surface area contributed by atoms with Crippen molar-refractivity contribution in [3.05, 3.63) is 30.1 Å². The molecule has 1 amide bonds. The molecule has 1 aliphatic heterocycles. The summed E-state index contributed by atoms with van der Waals surface area (Å²) in [5.74, 6) is 0.357. The molecule has 1 aliphatic rings. The van der Waals surface area contributed by atoms with Gasteiger partial charge < -0.3 is 4.90 Å². The number of fused-ring (bicyclic) bond motifs is 1. The van der Waals surface area contributed by atoms with E-state index in [2.05, 4.69) is 51.9 Å². The van der Waals surface area contributed by atoms with Crippen LogP contribution < -0.4 is 0 Å². The molecule has 110 valence electrons. The molecule has 4 nitrogen and oxygen atoms in total. The van der Waals surface area contributed by atoms with Crippen LogP contribution >= 0.6 is 0 Å². The summed E-state index contributed by atoms with van der Waals surface area (Å²) in [7, 11) is 0. The molecule has 4 heteroatoms. The van der Waals surface area contributed by atoms with Gasteiger partial charge in [0.15, 0.2) is 0 Å². The summed E-state index contributed by atoms with van der Waals surface area (Å²) in [4.78, 5) is 14.0. The van der Waals surface area contributed by atoms with Crippen LogP contribution in [0.1, 0.15) is 52.0 Å². The lowest BCUT2D eigenvalue weighted by molar-refractivity contribution is -0.130. The van der Waals surface area contributed by atoms with E-state index in [-0.39, 0.29) is 17.4 Å². The van der Waals surface area contributed by atoms with Gasteiger partial charge in [-0.3, -0.25) is 9.48 Å². The average molecular weight is 275 g/mol. The fourth-order valence-corrected chi connectivity index (χ4v) is 2.78. The van der Waals surface area contributed by atoms with Crippen molar-refractivity contribution < 1.29 is 4.79 Å². The van der Waals surface area contributed by atoms with E-state index in [0.717, 1.165) is 17.9 Å². The Labute approximate surface area is 121 Å². The molecule has 0 radical (unpaired) electrons. The van der Waals surface area contributed by atoms with Crippen molar-refractivity contribution >= 4 is 5.91 Å². The summed E-state index contributed by atoms with van der Waals surface area (Å²) in [6.45, 7) is 15.9. The second-order valence-corrected chi connectivity index (χ2v) is 6.85. The van der Waals surface area contributed by atoms with E-state index in [1.165, 1.54) is 6.08 Å². The van der Waals surface area contributed by atoms with Gasteiger partial charge in [-0.2, -0.15) is 5.10 Å². The van der Waals surface area contributed by atoms with E-state index in [4.69, 9.17) is 5.10 Å². The molecule has 0 aromatic carbocycles. The first kappa shape index (κ1) is 14.8. The van der Waals surface area contributed by atoms with Gasteiger partial charge in [0.1, 0.15) is 0 Å². The molecule has 2 rings (SSSR count). The molecule has 0 N–H and O–H groups in total. The van der Waals surface area contributed by atoms with Gasteiger partial charge in [-0.05, 0) is 18.1 Å². The van der Waals surface area contributed by atoms with Crippen molar-refractivity contribution in [2.45, 2.75) is 52.6 Å². The second-order valence-electron chi connectivity index (χ2n) is 6.85. The standard InChI is InChI=1S/C16H25N3O/c1-7-14(20)18-8-9-19-12(15(18)11(2)3)10-13(17-19)16(4,5)6/h7,10-11,15H,1,8-9H2,2-6H3. The molecule has 0 saturated carbocycles. The molecule has 1 unspecified atom stereocenters. The maximum Gasteiger partial charge on any atom is 0.246 e. The lowest BCUT2D eigenvalue weighted by Gasteiger charge is -2.37. The molecule has 0 saturated heterocycles. The second kappa shape index (κ2) is 5.08. The quantitative estimate of drug-likeness (QED) is 0.778. The summed E-state index contributed by atoms with van der Waals surface area (Å²) < 4.78 is 2.07. The van der Waals surface area contributed by atoms with Crippen molar-refractivity contribution in [3.8, 4) is 0 Å². The van der Waals surface area contributed by atoms with Crippen LogP contribution in [0.3, 0.4) is 0 Å². The molecular formula is C16H25N3O. The summed E-state index contributed by atoms with van der Waals surface area (Å²) in [6.07, 6.45) is 1.41. The number of amides is 1. The Morgan fingerprint density at radius 1 is 1.45 bits per heavy atom. The zero-order chi connectivity index (χ0) is 15.1. The van der Waals surface area contributed by atoms with E-state index >= 15 is 0 Å². The Balaban J connectivity index is 2.46. The Morgan fingerprint density at radius 2 is 2.10 bits per heavy atom. The summed E-state index contributed by atoms with van der Waals surface area (Å²) >= 11 is 0. The third-order valence-corrected chi connectivity index (χ3v) is 3.86. The number of aromatic nitrogens is 2. The largest absolute Gasteiger partial charge is 0.328 e. The summed E-state index contributed by atoms with van der Waals surface area (Å²) in [5, 5.41) is 4.73. The van der Waals surface area contributed by atoms with Crippen LogP contribution in [-0.4, -0.2) is 27.1 Å². The number of carbonyl (C=O) groups excluding carboxylic acids is 1. The molecule has 1 atom stereocenters.